The van der Waals surface area contributed by atoms with Crippen molar-refractivity contribution in [3.05, 3.63) is 17.7 Å². The lowest BCUT2D eigenvalue weighted by Crippen LogP contribution is -2.41. The number of aromatic nitrogens is 1. The zero-order valence-electron chi connectivity index (χ0n) is 16.6. The largest absolute Gasteiger partial charge is 0.456 e. The molecule has 1 aromatic heterocycles. The molecule has 1 aromatic rings. The lowest BCUT2D eigenvalue weighted by Gasteiger charge is -2.32. The number of piperidine rings is 1. The van der Waals surface area contributed by atoms with Crippen LogP contribution in [0.2, 0.25) is 0 Å². The minimum Gasteiger partial charge on any atom is -0.456 e. The normalized spacial score (nSPS) is 15.5. The third-order valence-corrected chi connectivity index (χ3v) is 4.20. The molecule has 7 nitrogen and oxygen atoms in total. The van der Waals surface area contributed by atoms with E-state index in [0.717, 1.165) is 25.9 Å². The van der Waals surface area contributed by atoms with Crippen molar-refractivity contribution in [3.8, 4) is 0 Å². The molecule has 0 saturated carbocycles. The van der Waals surface area contributed by atoms with Gasteiger partial charge in [0.2, 0.25) is 5.91 Å². The lowest BCUT2D eigenvalue weighted by atomic mass is 10.0. The first-order valence-electron chi connectivity index (χ1n) is 9.00. The maximum atomic E-state index is 12.5. The van der Waals surface area contributed by atoms with E-state index >= 15 is 0 Å². The molecule has 1 amide bonds. The van der Waals surface area contributed by atoms with Gasteiger partial charge in [0.05, 0.1) is 5.56 Å². The summed E-state index contributed by atoms with van der Waals surface area (Å²) in [6, 6.07) is 3.69. The highest BCUT2D eigenvalue weighted by molar-refractivity contribution is 5.91. The van der Waals surface area contributed by atoms with Crippen molar-refractivity contribution >= 4 is 23.5 Å². The Morgan fingerprint density at radius 3 is 2.35 bits per heavy atom. The summed E-state index contributed by atoms with van der Waals surface area (Å²) in [5.41, 5.74) is -0.0755. The molecule has 0 aromatic carbocycles. The Bertz CT molecular complexity index is 659. The van der Waals surface area contributed by atoms with Crippen molar-refractivity contribution in [1.82, 2.24) is 9.88 Å². The number of ether oxygens (including phenoxy) is 1. The van der Waals surface area contributed by atoms with Crippen LogP contribution in [0.5, 0.6) is 0 Å². The molecule has 0 spiro atoms. The zero-order valence-corrected chi connectivity index (χ0v) is 16.6. The molecular formula is C19H30N4O3. The number of esters is 1. The molecule has 7 heteroatoms. The van der Waals surface area contributed by atoms with Crippen LogP contribution in [-0.2, 0) is 9.53 Å². The Hall–Kier alpha value is -2.31. The first kappa shape index (κ1) is 20.0. The van der Waals surface area contributed by atoms with Gasteiger partial charge in [-0.1, -0.05) is 0 Å². The topological polar surface area (TPSA) is 74.8 Å². The third-order valence-electron chi connectivity index (χ3n) is 4.20. The van der Waals surface area contributed by atoms with E-state index in [1.54, 1.807) is 19.1 Å². The third kappa shape index (κ3) is 5.61. The van der Waals surface area contributed by atoms with Gasteiger partial charge in [-0.25, -0.2) is 9.78 Å². The summed E-state index contributed by atoms with van der Waals surface area (Å²) in [4.78, 5) is 32.2. The van der Waals surface area contributed by atoms with Gasteiger partial charge in [0.25, 0.3) is 0 Å². The van der Waals surface area contributed by atoms with Crippen molar-refractivity contribution in [3.63, 3.8) is 0 Å². The van der Waals surface area contributed by atoms with Crippen LogP contribution in [0.1, 0.15) is 50.9 Å². The highest BCUT2D eigenvalue weighted by Gasteiger charge is 2.23. The Balaban J connectivity index is 2.15. The van der Waals surface area contributed by atoms with Gasteiger partial charge < -0.3 is 19.9 Å². The van der Waals surface area contributed by atoms with Crippen LogP contribution in [0, 0.1) is 0 Å². The van der Waals surface area contributed by atoms with E-state index < -0.39 is 5.60 Å². The number of carbonyl (C=O) groups is 2. The fraction of sp³-hybridized carbons (Fsp3) is 0.632. The number of anilines is 2. The van der Waals surface area contributed by atoms with Crippen molar-refractivity contribution in [2.45, 2.75) is 52.2 Å². The van der Waals surface area contributed by atoms with Crippen LogP contribution in [0.25, 0.3) is 0 Å². The molecule has 0 aliphatic carbocycles. The van der Waals surface area contributed by atoms with Crippen LogP contribution in [-0.4, -0.2) is 60.6 Å². The van der Waals surface area contributed by atoms with Gasteiger partial charge in [0, 0.05) is 40.2 Å². The highest BCUT2D eigenvalue weighted by atomic mass is 16.6. The summed E-state index contributed by atoms with van der Waals surface area (Å²) < 4.78 is 5.49. The lowest BCUT2D eigenvalue weighted by molar-refractivity contribution is -0.129. The van der Waals surface area contributed by atoms with Gasteiger partial charge in [0.1, 0.15) is 17.2 Å². The molecule has 144 valence electrons. The Morgan fingerprint density at radius 1 is 1.23 bits per heavy atom. The second-order valence-corrected chi connectivity index (χ2v) is 7.92. The van der Waals surface area contributed by atoms with Gasteiger partial charge >= 0.3 is 5.97 Å². The van der Waals surface area contributed by atoms with Gasteiger partial charge in [-0.05, 0) is 45.7 Å². The first-order valence-corrected chi connectivity index (χ1v) is 9.00. The molecule has 1 aliphatic heterocycles. The molecule has 1 saturated heterocycles. The number of nitrogens with zero attached hydrogens (tertiary/aromatic N) is 3. The summed E-state index contributed by atoms with van der Waals surface area (Å²) >= 11 is 0. The van der Waals surface area contributed by atoms with Crippen molar-refractivity contribution in [2.24, 2.45) is 0 Å². The molecule has 0 unspecified atom stereocenters. The maximum absolute atomic E-state index is 12.5. The summed E-state index contributed by atoms with van der Waals surface area (Å²) in [7, 11) is 3.77. The summed E-state index contributed by atoms with van der Waals surface area (Å²) in [5.74, 6) is 1.09. The average Bonchev–Trinajstić information content (AvgIpc) is 2.53. The van der Waals surface area contributed by atoms with E-state index in [4.69, 9.17) is 4.74 Å². The number of hydrogen-bond donors (Lipinski definition) is 1. The monoisotopic (exact) mass is 362 g/mol. The summed E-state index contributed by atoms with van der Waals surface area (Å²) in [6.07, 6.45) is 1.71. The molecule has 0 bridgehead atoms. The van der Waals surface area contributed by atoms with Crippen LogP contribution in [0.3, 0.4) is 0 Å². The van der Waals surface area contributed by atoms with E-state index in [-0.39, 0.29) is 17.9 Å². The first-order chi connectivity index (χ1) is 12.0. The smallest absolute Gasteiger partial charge is 0.338 e. The van der Waals surface area contributed by atoms with E-state index in [0.29, 0.717) is 17.2 Å². The fourth-order valence-electron chi connectivity index (χ4n) is 2.82. The van der Waals surface area contributed by atoms with Crippen molar-refractivity contribution in [1.29, 1.82) is 0 Å². The van der Waals surface area contributed by atoms with Gasteiger partial charge in [-0.3, -0.25) is 4.79 Å². The summed E-state index contributed by atoms with van der Waals surface area (Å²) in [5, 5.41) is 3.41. The molecule has 1 aliphatic rings. The fourth-order valence-corrected chi connectivity index (χ4v) is 2.82. The molecule has 1 N–H and O–H groups in total. The molecular weight excluding hydrogens is 332 g/mol. The second kappa shape index (κ2) is 7.93. The number of hydrogen-bond acceptors (Lipinski definition) is 6. The zero-order chi connectivity index (χ0) is 19.5. The standard InChI is InChI=1S/C19H30N4O3/c1-13(24)23-9-7-15(8-10-23)20-16-11-14(12-17(21-16)22(5)6)18(25)26-19(2,3)4/h11-12,15H,7-10H2,1-6H3,(H,20,21). The minimum atomic E-state index is -0.550. The minimum absolute atomic E-state index is 0.114. The quantitative estimate of drug-likeness (QED) is 0.830. The van der Waals surface area contributed by atoms with Gasteiger partial charge in [-0.2, -0.15) is 0 Å². The molecule has 26 heavy (non-hydrogen) atoms. The molecule has 0 atom stereocenters. The van der Waals surface area contributed by atoms with Crippen molar-refractivity contribution in [2.75, 3.05) is 37.4 Å². The Labute approximate surface area is 155 Å². The maximum Gasteiger partial charge on any atom is 0.338 e. The molecule has 2 heterocycles. The number of likely N-dealkylation sites (tertiary alicyclic amines) is 1. The van der Waals surface area contributed by atoms with E-state index in [2.05, 4.69) is 10.3 Å². The predicted octanol–water partition coefficient (Wildman–Crippen LogP) is 2.53. The molecule has 2 rings (SSSR count). The van der Waals surface area contributed by atoms with E-state index in [1.165, 1.54) is 0 Å². The number of rotatable bonds is 4. The van der Waals surface area contributed by atoms with E-state index in [9.17, 15) is 9.59 Å². The molecule has 0 radical (unpaired) electrons. The van der Waals surface area contributed by atoms with Crippen LogP contribution in [0.4, 0.5) is 11.6 Å². The van der Waals surface area contributed by atoms with Crippen LogP contribution >= 0.6 is 0 Å². The Morgan fingerprint density at radius 2 is 1.85 bits per heavy atom. The Kier molecular flexibility index (Phi) is 6.10. The number of nitrogens with one attached hydrogen (secondary N) is 1. The van der Waals surface area contributed by atoms with Gasteiger partial charge in [0.15, 0.2) is 0 Å². The second-order valence-electron chi connectivity index (χ2n) is 7.92. The average molecular weight is 362 g/mol. The number of pyridine rings is 1. The predicted molar refractivity (Wildman–Crippen MR) is 103 cm³/mol. The molecule has 1 fully saturated rings. The van der Waals surface area contributed by atoms with Crippen molar-refractivity contribution < 1.29 is 14.3 Å². The van der Waals surface area contributed by atoms with E-state index in [1.807, 2.05) is 44.7 Å². The highest BCUT2D eigenvalue weighted by Crippen LogP contribution is 2.22. The van der Waals surface area contributed by atoms with Gasteiger partial charge in [-0.15, -0.1) is 0 Å². The summed E-state index contributed by atoms with van der Waals surface area (Å²) in [6.45, 7) is 8.62. The van der Waals surface area contributed by atoms with Crippen LogP contribution in [0.15, 0.2) is 12.1 Å². The van der Waals surface area contributed by atoms with Crippen LogP contribution < -0.4 is 10.2 Å². The SMILES string of the molecule is CC(=O)N1CCC(Nc2cc(C(=O)OC(C)(C)C)cc(N(C)C)n2)CC1. The number of carbonyl (C=O) groups excluding carboxylic acids is 2. The number of amides is 1.